The lowest BCUT2D eigenvalue weighted by molar-refractivity contribution is -0.140. The standard InChI is InChI=1S/C14H16ClNO5/c1-3-7(2)11(14(18)19)16-13(17)8-4-9(15)12-10(5-8)20-6-21-12/h4-5,7,11H,3,6H2,1-2H3,(H,16,17)(H,18,19). The van der Waals surface area contributed by atoms with E-state index in [0.29, 0.717) is 17.9 Å². The van der Waals surface area contributed by atoms with Gasteiger partial charge >= 0.3 is 5.97 Å². The van der Waals surface area contributed by atoms with Gasteiger partial charge in [-0.25, -0.2) is 4.79 Å². The van der Waals surface area contributed by atoms with Crippen LogP contribution < -0.4 is 14.8 Å². The molecule has 2 unspecified atom stereocenters. The Morgan fingerprint density at radius 3 is 2.76 bits per heavy atom. The van der Waals surface area contributed by atoms with Crippen LogP contribution in [0.5, 0.6) is 11.5 Å². The predicted molar refractivity (Wildman–Crippen MR) is 75.9 cm³/mol. The summed E-state index contributed by atoms with van der Waals surface area (Å²) in [5.74, 6) is -0.989. The molecule has 1 amide bonds. The maximum atomic E-state index is 12.2. The maximum Gasteiger partial charge on any atom is 0.326 e. The molecule has 2 rings (SSSR count). The third kappa shape index (κ3) is 3.21. The van der Waals surface area contributed by atoms with Crippen molar-refractivity contribution in [3.05, 3.63) is 22.7 Å². The second kappa shape index (κ2) is 6.22. The number of carbonyl (C=O) groups excluding carboxylic acids is 1. The van der Waals surface area contributed by atoms with E-state index < -0.39 is 17.9 Å². The molecule has 0 radical (unpaired) electrons. The Morgan fingerprint density at radius 2 is 2.14 bits per heavy atom. The van der Waals surface area contributed by atoms with Crippen molar-refractivity contribution >= 4 is 23.5 Å². The number of ether oxygens (including phenoxy) is 2. The first kappa shape index (κ1) is 15.4. The second-order valence-corrected chi connectivity index (χ2v) is 5.27. The number of aliphatic carboxylic acids is 1. The van der Waals surface area contributed by atoms with Gasteiger partial charge in [0.2, 0.25) is 6.79 Å². The SMILES string of the molecule is CCC(C)C(NC(=O)c1cc(Cl)c2c(c1)OCO2)C(=O)O. The quantitative estimate of drug-likeness (QED) is 0.871. The first-order chi connectivity index (χ1) is 9.93. The third-order valence-corrected chi connectivity index (χ3v) is 3.74. The summed E-state index contributed by atoms with van der Waals surface area (Å²) in [4.78, 5) is 23.4. The molecule has 0 aromatic heterocycles. The van der Waals surface area contributed by atoms with Gasteiger partial charge in [-0.3, -0.25) is 4.79 Å². The fourth-order valence-electron chi connectivity index (χ4n) is 2.01. The van der Waals surface area contributed by atoms with Gasteiger partial charge < -0.3 is 19.9 Å². The number of fused-ring (bicyclic) bond motifs is 1. The van der Waals surface area contributed by atoms with E-state index in [2.05, 4.69) is 5.32 Å². The van der Waals surface area contributed by atoms with Gasteiger partial charge in [-0.05, 0) is 18.1 Å². The normalized spacial score (nSPS) is 15.4. The largest absolute Gasteiger partial charge is 0.480 e. The van der Waals surface area contributed by atoms with Crippen LogP contribution in [-0.2, 0) is 4.79 Å². The molecule has 1 heterocycles. The Morgan fingerprint density at radius 1 is 1.43 bits per heavy atom. The Hall–Kier alpha value is -1.95. The highest BCUT2D eigenvalue weighted by Gasteiger charge is 2.27. The summed E-state index contributed by atoms with van der Waals surface area (Å²) < 4.78 is 10.3. The number of carbonyl (C=O) groups is 2. The summed E-state index contributed by atoms with van der Waals surface area (Å²) in [6.07, 6.45) is 0.638. The molecule has 0 aliphatic carbocycles. The van der Waals surface area contributed by atoms with Crippen molar-refractivity contribution in [1.82, 2.24) is 5.32 Å². The van der Waals surface area contributed by atoms with Crippen molar-refractivity contribution in [2.75, 3.05) is 6.79 Å². The van der Waals surface area contributed by atoms with E-state index in [1.807, 2.05) is 6.92 Å². The van der Waals surface area contributed by atoms with E-state index in [4.69, 9.17) is 21.1 Å². The van der Waals surface area contributed by atoms with Gasteiger partial charge in [-0.15, -0.1) is 0 Å². The van der Waals surface area contributed by atoms with Crippen LogP contribution in [0.15, 0.2) is 12.1 Å². The molecule has 0 fully saturated rings. The molecule has 1 aliphatic heterocycles. The Balaban J connectivity index is 2.20. The zero-order valence-electron chi connectivity index (χ0n) is 11.7. The van der Waals surface area contributed by atoms with E-state index >= 15 is 0 Å². The number of benzene rings is 1. The average molecular weight is 314 g/mol. The summed E-state index contributed by atoms with van der Waals surface area (Å²) in [5.41, 5.74) is 0.235. The van der Waals surface area contributed by atoms with Crippen LogP contribution in [0.2, 0.25) is 5.02 Å². The molecule has 6 nitrogen and oxygen atoms in total. The number of carboxylic acid groups (broad SMARTS) is 1. The van der Waals surface area contributed by atoms with Crippen LogP contribution in [0.4, 0.5) is 0 Å². The van der Waals surface area contributed by atoms with Crippen molar-refractivity contribution in [2.45, 2.75) is 26.3 Å². The van der Waals surface area contributed by atoms with Gasteiger partial charge in [-0.1, -0.05) is 31.9 Å². The molecule has 1 aromatic rings. The minimum Gasteiger partial charge on any atom is -0.480 e. The maximum absolute atomic E-state index is 12.2. The number of carboxylic acids is 1. The van der Waals surface area contributed by atoms with Crippen LogP contribution in [0, 0.1) is 5.92 Å². The van der Waals surface area contributed by atoms with Crippen molar-refractivity contribution in [3.63, 3.8) is 0 Å². The third-order valence-electron chi connectivity index (χ3n) is 3.46. The summed E-state index contributed by atoms with van der Waals surface area (Å²) in [6, 6.07) is 1.96. The smallest absolute Gasteiger partial charge is 0.326 e. The fraction of sp³-hybridized carbons (Fsp3) is 0.429. The van der Waals surface area contributed by atoms with E-state index in [0.717, 1.165) is 0 Å². The van der Waals surface area contributed by atoms with Crippen molar-refractivity contribution in [1.29, 1.82) is 0 Å². The van der Waals surface area contributed by atoms with Crippen LogP contribution in [0.1, 0.15) is 30.6 Å². The van der Waals surface area contributed by atoms with Crippen LogP contribution >= 0.6 is 11.6 Å². The number of hydrogen-bond donors (Lipinski definition) is 2. The number of rotatable bonds is 5. The molecule has 2 N–H and O–H groups in total. The van der Waals surface area contributed by atoms with Gasteiger partial charge in [0.15, 0.2) is 11.5 Å². The molecule has 1 aromatic carbocycles. The van der Waals surface area contributed by atoms with Gasteiger partial charge in [0.05, 0.1) is 5.02 Å². The second-order valence-electron chi connectivity index (χ2n) is 4.87. The highest BCUT2D eigenvalue weighted by Crippen LogP contribution is 2.39. The summed E-state index contributed by atoms with van der Waals surface area (Å²) >= 11 is 6.01. The molecule has 7 heteroatoms. The molecule has 0 spiro atoms. The van der Waals surface area contributed by atoms with E-state index in [1.54, 1.807) is 6.92 Å². The van der Waals surface area contributed by atoms with Crippen LogP contribution in [0.3, 0.4) is 0 Å². The van der Waals surface area contributed by atoms with Gasteiger partial charge in [-0.2, -0.15) is 0 Å². The first-order valence-corrected chi connectivity index (χ1v) is 6.94. The van der Waals surface area contributed by atoms with Crippen LogP contribution in [0.25, 0.3) is 0 Å². The van der Waals surface area contributed by atoms with Crippen LogP contribution in [-0.4, -0.2) is 29.8 Å². The van der Waals surface area contributed by atoms with Gasteiger partial charge in [0, 0.05) is 5.56 Å². The lowest BCUT2D eigenvalue weighted by Crippen LogP contribution is -2.45. The van der Waals surface area contributed by atoms with Gasteiger partial charge in [0.25, 0.3) is 5.91 Å². The average Bonchev–Trinajstić information content (AvgIpc) is 2.92. The first-order valence-electron chi connectivity index (χ1n) is 6.56. The van der Waals surface area contributed by atoms with E-state index in [1.165, 1.54) is 12.1 Å². The number of nitrogens with one attached hydrogen (secondary N) is 1. The topological polar surface area (TPSA) is 84.9 Å². The zero-order chi connectivity index (χ0) is 15.6. The Labute approximate surface area is 127 Å². The molecule has 114 valence electrons. The lowest BCUT2D eigenvalue weighted by Gasteiger charge is -2.20. The molecular weight excluding hydrogens is 298 g/mol. The zero-order valence-corrected chi connectivity index (χ0v) is 12.4. The number of hydrogen-bond acceptors (Lipinski definition) is 4. The lowest BCUT2D eigenvalue weighted by atomic mass is 9.99. The molecule has 0 saturated heterocycles. The Kier molecular flexibility index (Phi) is 4.57. The molecular formula is C14H16ClNO5. The van der Waals surface area contributed by atoms with Crippen molar-refractivity contribution in [2.24, 2.45) is 5.92 Å². The minimum atomic E-state index is -1.07. The molecule has 21 heavy (non-hydrogen) atoms. The molecule has 1 aliphatic rings. The predicted octanol–water partition coefficient (Wildman–Crippen LogP) is 2.30. The summed E-state index contributed by atoms with van der Waals surface area (Å²) in [6.45, 7) is 3.68. The number of halogens is 1. The summed E-state index contributed by atoms with van der Waals surface area (Å²) in [5, 5.41) is 12.0. The van der Waals surface area contributed by atoms with Crippen molar-refractivity contribution in [3.8, 4) is 11.5 Å². The Bertz CT molecular complexity index is 575. The monoisotopic (exact) mass is 313 g/mol. The minimum absolute atomic E-state index is 0.0464. The van der Waals surface area contributed by atoms with E-state index in [-0.39, 0.29) is 23.3 Å². The molecule has 0 saturated carbocycles. The van der Waals surface area contributed by atoms with Crippen molar-refractivity contribution < 1.29 is 24.2 Å². The highest BCUT2D eigenvalue weighted by atomic mass is 35.5. The summed E-state index contributed by atoms with van der Waals surface area (Å²) in [7, 11) is 0. The highest BCUT2D eigenvalue weighted by molar-refractivity contribution is 6.32. The van der Waals surface area contributed by atoms with E-state index in [9.17, 15) is 14.7 Å². The number of amides is 1. The molecule has 0 bridgehead atoms. The fourth-order valence-corrected chi connectivity index (χ4v) is 2.27. The van der Waals surface area contributed by atoms with Gasteiger partial charge in [0.1, 0.15) is 6.04 Å². The molecule has 2 atom stereocenters.